The molecule has 12 nitrogen and oxygen atoms in total. The molecule has 1 aliphatic carbocycles. The van der Waals surface area contributed by atoms with Gasteiger partial charge >= 0.3 is 0 Å². The third-order valence-electron chi connectivity index (χ3n) is 7.38. The van der Waals surface area contributed by atoms with Crippen molar-refractivity contribution in [2.45, 2.75) is 125 Å². The standard InChI is InChI=1S/C21H40N4O8/c1-8-13(24)15(26)17(28)21(29-8)33-20-14(25-2)16(27)18-12(31-20)7-11(23)19(32-18)30-10-5-3-9(22)4-6-10/h8-21,25-28H,3-7,22-24H2,1-2H3/t8?,9-,10-,11?,12-,13+,14?,15?,16?,17?,18?,19-,20?,21+/m0/s1. The van der Waals surface area contributed by atoms with E-state index in [4.69, 9.17) is 40.9 Å². The molecule has 0 aromatic heterocycles. The summed E-state index contributed by atoms with van der Waals surface area (Å²) in [5, 5.41) is 34.7. The lowest BCUT2D eigenvalue weighted by Gasteiger charge is -2.51. The number of fused-ring (bicyclic) bond motifs is 1. The minimum Gasteiger partial charge on any atom is -0.388 e. The molecule has 192 valence electrons. The molecule has 3 heterocycles. The molecule has 0 spiro atoms. The molecule has 4 fully saturated rings. The first kappa shape index (κ1) is 25.6. The number of nitrogens with two attached hydrogens (primary N) is 3. The van der Waals surface area contributed by atoms with Crippen LogP contribution in [-0.2, 0) is 23.7 Å². The highest BCUT2D eigenvalue weighted by atomic mass is 16.8. The van der Waals surface area contributed by atoms with Gasteiger partial charge in [0.05, 0.1) is 36.4 Å². The molecule has 1 saturated carbocycles. The lowest BCUT2D eigenvalue weighted by molar-refractivity contribution is -0.369. The van der Waals surface area contributed by atoms with Crippen molar-refractivity contribution >= 4 is 0 Å². The van der Waals surface area contributed by atoms with Gasteiger partial charge in [0.1, 0.15) is 24.4 Å². The van der Waals surface area contributed by atoms with Crippen molar-refractivity contribution in [3.63, 3.8) is 0 Å². The largest absolute Gasteiger partial charge is 0.388 e. The summed E-state index contributed by atoms with van der Waals surface area (Å²) in [5.41, 5.74) is 18.2. The zero-order valence-electron chi connectivity index (χ0n) is 19.2. The molecule has 0 radical (unpaired) electrons. The average Bonchev–Trinajstić information content (AvgIpc) is 2.78. The lowest BCUT2D eigenvalue weighted by Crippen LogP contribution is -2.69. The van der Waals surface area contributed by atoms with Crippen LogP contribution in [0.4, 0.5) is 0 Å². The van der Waals surface area contributed by atoms with Gasteiger partial charge in [0, 0.05) is 6.04 Å². The summed E-state index contributed by atoms with van der Waals surface area (Å²) in [6, 6.07) is -1.67. The van der Waals surface area contributed by atoms with Crippen LogP contribution in [-0.4, -0.2) is 108 Å². The maximum Gasteiger partial charge on any atom is 0.189 e. The molecule has 0 aromatic carbocycles. The van der Waals surface area contributed by atoms with Crippen molar-refractivity contribution < 1.29 is 39.0 Å². The van der Waals surface area contributed by atoms with Gasteiger partial charge in [-0.2, -0.15) is 0 Å². The predicted molar refractivity (Wildman–Crippen MR) is 115 cm³/mol. The van der Waals surface area contributed by atoms with Crippen molar-refractivity contribution in [2.24, 2.45) is 17.2 Å². The number of hydrogen-bond donors (Lipinski definition) is 7. The fraction of sp³-hybridized carbons (Fsp3) is 1.00. The van der Waals surface area contributed by atoms with Crippen LogP contribution >= 0.6 is 0 Å². The second kappa shape index (κ2) is 10.6. The molecule has 12 atom stereocenters. The van der Waals surface area contributed by atoms with Gasteiger partial charge in [0.15, 0.2) is 18.9 Å². The Balaban J connectivity index is 1.40. The van der Waals surface area contributed by atoms with E-state index in [1.165, 1.54) is 0 Å². The monoisotopic (exact) mass is 476 g/mol. The van der Waals surface area contributed by atoms with E-state index >= 15 is 0 Å². The smallest absolute Gasteiger partial charge is 0.189 e. The van der Waals surface area contributed by atoms with Crippen molar-refractivity contribution in [1.29, 1.82) is 0 Å². The van der Waals surface area contributed by atoms with E-state index < -0.39 is 73.6 Å². The highest BCUT2D eigenvalue weighted by Crippen LogP contribution is 2.35. The summed E-state index contributed by atoms with van der Waals surface area (Å²) in [5.74, 6) is 0. The maximum absolute atomic E-state index is 11.1. The molecule has 3 aliphatic heterocycles. The number of ether oxygens (including phenoxy) is 5. The van der Waals surface area contributed by atoms with E-state index in [2.05, 4.69) is 5.32 Å². The molecule has 3 saturated heterocycles. The molecule has 0 bridgehead atoms. The third-order valence-corrected chi connectivity index (χ3v) is 7.38. The van der Waals surface area contributed by atoms with E-state index in [1.54, 1.807) is 14.0 Å². The highest BCUT2D eigenvalue weighted by Gasteiger charge is 2.53. The second-order valence-electron chi connectivity index (χ2n) is 9.79. The molecular formula is C21H40N4O8. The van der Waals surface area contributed by atoms with Gasteiger partial charge in [-0.3, -0.25) is 0 Å². The minimum atomic E-state index is -1.36. The first-order chi connectivity index (χ1) is 15.7. The summed E-state index contributed by atoms with van der Waals surface area (Å²) in [6.45, 7) is 1.69. The average molecular weight is 477 g/mol. The first-order valence-electron chi connectivity index (χ1n) is 11.9. The number of rotatable bonds is 5. The van der Waals surface area contributed by atoms with E-state index in [1.807, 2.05) is 0 Å². The molecule has 4 aliphatic rings. The Bertz CT molecular complexity index is 639. The molecule has 33 heavy (non-hydrogen) atoms. The number of nitrogens with one attached hydrogen (secondary N) is 1. The van der Waals surface area contributed by atoms with Crippen molar-refractivity contribution in [3.05, 3.63) is 0 Å². The molecule has 0 aromatic rings. The zero-order chi connectivity index (χ0) is 23.9. The van der Waals surface area contributed by atoms with E-state index in [0.717, 1.165) is 25.7 Å². The number of likely N-dealkylation sites (N-methyl/N-ethyl adjacent to an activating group) is 1. The van der Waals surface area contributed by atoms with Crippen LogP contribution in [0, 0.1) is 0 Å². The molecule has 12 heteroatoms. The Morgan fingerprint density at radius 1 is 0.818 bits per heavy atom. The summed E-state index contributed by atoms with van der Waals surface area (Å²) in [6.07, 6.45) is -4.21. The summed E-state index contributed by atoms with van der Waals surface area (Å²) >= 11 is 0. The normalized spacial score (nSPS) is 53.5. The Kier molecular flexibility index (Phi) is 8.26. The summed E-state index contributed by atoms with van der Waals surface area (Å²) < 4.78 is 29.9. The molecule has 8 unspecified atom stereocenters. The number of aliphatic hydroxyl groups excluding tert-OH is 3. The van der Waals surface area contributed by atoms with Crippen LogP contribution in [0.25, 0.3) is 0 Å². The topological polar surface area (TPSA) is 197 Å². The molecule has 0 amide bonds. The Morgan fingerprint density at radius 3 is 2.18 bits per heavy atom. The van der Waals surface area contributed by atoms with E-state index in [9.17, 15) is 15.3 Å². The van der Waals surface area contributed by atoms with E-state index in [-0.39, 0.29) is 12.1 Å². The van der Waals surface area contributed by atoms with Crippen LogP contribution < -0.4 is 22.5 Å². The first-order valence-corrected chi connectivity index (χ1v) is 11.9. The second-order valence-corrected chi connectivity index (χ2v) is 9.79. The fourth-order valence-electron chi connectivity index (χ4n) is 5.18. The zero-order valence-corrected chi connectivity index (χ0v) is 19.2. The maximum atomic E-state index is 11.1. The molecular weight excluding hydrogens is 436 g/mol. The van der Waals surface area contributed by atoms with Gasteiger partial charge in [-0.15, -0.1) is 0 Å². The van der Waals surface area contributed by atoms with Gasteiger partial charge in [0.25, 0.3) is 0 Å². The number of hydrogen-bond acceptors (Lipinski definition) is 12. The van der Waals surface area contributed by atoms with Gasteiger partial charge in [-0.1, -0.05) is 0 Å². The van der Waals surface area contributed by atoms with Crippen molar-refractivity contribution in [1.82, 2.24) is 5.32 Å². The van der Waals surface area contributed by atoms with Crippen LogP contribution in [0.1, 0.15) is 39.0 Å². The van der Waals surface area contributed by atoms with Crippen LogP contribution in [0.15, 0.2) is 0 Å². The van der Waals surface area contributed by atoms with Gasteiger partial charge in [0.2, 0.25) is 0 Å². The van der Waals surface area contributed by atoms with Crippen LogP contribution in [0.2, 0.25) is 0 Å². The van der Waals surface area contributed by atoms with Crippen LogP contribution in [0.3, 0.4) is 0 Å². The Hall–Kier alpha value is -0.480. The Morgan fingerprint density at radius 2 is 1.52 bits per heavy atom. The van der Waals surface area contributed by atoms with Gasteiger partial charge in [-0.05, 0) is 46.1 Å². The van der Waals surface area contributed by atoms with Gasteiger partial charge in [-0.25, -0.2) is 0 Å². The predicted octanol–water partition coefficient (Wildman–Crippen LogP) is -2.80. The minimum absolute atomic E-state index is 0.0277. The SMILES string of the molecule is CNC1C(O[C@H]2OC(C)[C@@H](N)C(O)C2O)O[C@H]2CC(N)[C@@H](O[C@H]3CC[C@H](N)CC3)OC2C1O. The summed E-state index contributed by atoms with van der Waals surface area (Å²) in [7, 11) is 1.66. The van der Waals surface area contributed by atoms with E-state index in [0.29, 0.717) is 6.42 Å². The third kappa shape index (κ3) is 5.37. The number of aliphatic hydroxyl groups is 3. The molecule has 10 N–H and O–H groups in total. The van der Waals surface area contributed by atoms with Crippen molar-refractivity contribution in [2.75, 3.05) is 7.05 Å². The highest BCUT2D eigenvalue weighted by molar-refractivity contribution is 4.99. The quantitative estimate of drug-likeness (QED) is 0.215. The van der Waals surface area contributed by atoms with Gasteiger partial charge < -0.3 is 61.5 Å². The fourth-order valence-corrected chi connectivity index (χ4v) is 5.18. The lowest BCUT2D eigenvalue weighted by atomic mass is 9.90. The van der Waals surface area contributed by atoms with Crippen molar-refractivity contribution in [3.8, 4) is 0 Å². The molecule has 4 rings (SSSR count). The van der Waals surface area contributed by atoms with Crippen LogP contribution in [0.5, 0.6) is 0 Å². The Labute approximate surface area is 194 Å². The summed E-state index contributed by atoms with van der Waals surface area (Å²) in [4.78, 5) is 0.